The highest BCUT2D eigenvalue weighted by molar-refractivity contribution is 7.16. The first-order valence-electron chi connectivity index (χ1n) is 8.88. The van der Waals surface area contributed by atoms with Gasteiger partial charge in [0, 0.05) is 18.9 Å². The van der Waals surface area contributed by atoms with Gasteiger partial charge in [0.25, 0.3) is 0 Å². The summed E-state index contributed by atoms with van der Waals surface area (Å²) in [4.78, 5) is 33.9. The Hall–Kier alpha value is -3.47. The van der Waals surface area contributed by atoms with Crippen LogP contribution in [0, 0.1) is 18.6 Å². The van der Waals surface area contributed by atoms with Gasteiger partial charge >= 0.3 is 5.69 Å². The Balaban J connectivity index is 1.54. The van der Waals surface area contributed by atoms with Crippen LogP contribution in [0.2, 0.25) is 0 Å². The molecular formula is C19H15F2N5O3S. The minimum Gasteiger partial charge on any atom is -0.451 e. The number of oxazole rings is 1. The maximum atomic E-state index is 13.4. The molecule has 4 aromatic rings. The van der Waals surface area contributed by atoms with Gasteiger partial charge in [0.1, 0.15) is 24.2 Å². The molecule has 0 atom stereocenters. The van der Waals surface area contributed by atoms with Crippen molar-refractivity contribution in [2.45, 2.75) is 26.3 Å². The van der Waals surface area contributed by atoms with Crippen LogP contribution in [-0.4, -0.2) is 30.1 Å². The van der Waals surface area contributed by atoms with Gasteiger partial charge in [-0.3, -0.25) is 4.79 Å². The molecule has 0 saturated carbocycles. The van der Waals surface area contributed by atoms with Crippen LogP contribution in [0.15, 0.2) is 46.4 Å². The highest BCUT2D eigenvalue weighted by atomic mass is 32.1. The molecule has 0 aliphatic rings. The van der Waals surface area contributed by atoms with E-state index in [9.17, 15) is 18.4 Å². The van der Waals surface area contributed by atoms with Crippen LogP contribution in [0.1, 0.15) is 33.0 Å². The molecule has 0 aliphatic heterocycles. The van der Waals surface area contributed by atoms with E-state index in [1.165, 1.54) is 23.6 Å². The number of carbonyl (C=O) groups is 1. The second kappa shape index (κ2) is 8.11. The summed E-state index contributed by atoms with van der Waals surface area (Å²) in [6, 6.07) is 3.02. The molecule has 0 radical (unpaired) electrons. The summed E-state index contributed by atoms with van der Waals surface area (Å²) in [6.45, 7) is 1.59. The van der Waals surface area contributed by atoms with E-state index in [1.807, 2.05) is 0 Å². The molecule has 30 heavy (non-hydrogen) atoms. The summed E-state index contributed by atoms with van der Waals surface area (Å²) >= 11 is 1.08. The molecule has 4 rings (SSSR count). The molecular weight excluding hydrogens is 416 g/mol. The first kappa shape index (κ1) is 19.8. The maximum absolute atomic E-state index is 13.4. The summed E-state index contributed by atoms with van der Waals surface area (Å²) in [5, 5.41) is 4.28. The van der Waals surface area contributed by atoms with E-state index < -0.39 is 17.3 Å². The van der Waals surface area contributed by atoms with E-state index in [1.54, 1.807) is 6.92 Å². The predicted molar refractivity (Wildman–Crippen MR) is 103 cm³/mol. The van der Waals surface area contributed by atoms with Crippen molar-refractivity contribution in [2.75, 3.05) is 0 Å². The highest BCUT2D eigenvalue weighted by Gasteiger charge is 2.19. The van der Waals surface area contributed by atoms with E-state index in [2.05, 4.69) is 15.1 Å². The molecule has 0 saturated heterocycles. The number of rotatable bonds is 7. The Morgan fingerprint density at radius 2 is 2.00 bits per heavy atom. The van der Waals surface area contributed by atoms with E-state index in [4.69, 9.17) is 4.42 Å². The number of hydrogen-bond donors (Lipinski definition) is 0. The molecule has 0 amide bonds. The second-order valence-corrected chi connectivity index (χ2v) is 7.51. The van der Waals surface area contributed by atoms with Crippen LogP contribution >= 0.6 is 11.3 Å². The highest BCUT2D eigenvalue weighted by Crippen LogP contribution is 2.22. The number of ketones is 1. The number of halogens is 2. The predicted octanol–water partition coefficient (Wildman–Crippen LogP) is 2.93. The van der Waals surface area contributed by atoms with Gasteiger partial charge in [-0.25, -0.2) is 32.8 Å². The number of aryl methyl sites for hydroxylation is 2. The average molecular weight is 431 g/mol. The van der Waals surface area contributed by atoms with E-state index in [-0.39, 0.29) is 24.3 Å². The molecule has 0 unspecified atom stereocenters. The third-order valence-corrected chi connectivity index (χ3v) is 5.52. The van der Waals surface area contributed by atoms with Crippen LogP contribution in [0.5, 0.6) is 0 Å². The van der Waals surface area contributed by atoms with Crippen molar-refractivity contribution >= 4 is 17.1 Å². The van der Waals surface area contributed by atoms with Crippen molar-refractivity contribution in [1.29, 1.82) is 0 Å². The van der Waals surface area contributed by atoms with Gasteiger partial charge in [-0.1, -0.05) is 11.3 Å². The smallest absolute Gasteiger partial charge is 0.352 e. The molecule has 0 spiro atoms. The lowest BCUT2D eigenvalue weighted by molar-refractivity contribution is 0.0985. The molecule has 8 nitrogen and oxygen atoms in total. The SMILES string of the molecule is Cc1nc(-n2cnn(Cc3cc(F)cc(F)c3)c2=O)sc1C(=O)CCc1cocn1. The van der Waals surface area contributed by atoms with E-state index in [0.717, 1.165) is 34.2 Å². The number of hydrogen-bond acceptors (Lipinski definition) is 7. The Morgan fingerprint density at radius 3 is 2.70 bits per heavy atom. The minimum atomic E-state index is -0.734. The minimum absolute atomic E-state index is 0.103. The van der Waals surface area contributed by atoms with Gasteiger partial charge < -0.3 is 4.42 Å². The second-order valence-electron chi connectivity index (χ2n) is 6.53. The lowest BCUT2D eigenvalue weighted by atomic mass is 10.1. The van der Waals surface area contributed by atoms with E-state index >= 15 is 0 Å². The van der Waals surface area contributed by atoms with Gasteiger partial charge in [0.05, 0.1) is 22.8 Å². The molecule has 1 aromatic carbocycles. The fraction of sp³-hybridized carbons (Fsp3) is 0.211. The quantitative estimate of drug-likeness (QED) is 0.418. The zero-order chi connectivity index (χ0) is 21.3. The van der Waals surface area contributed by atoms with Crippen molar-refractivity contribution in [1.82, 2.24) is 24.3 Å². The number of aromatic nitrogens is 5. The fourth-order valence-electron chi connectivity index (χ4n) is 2.91. The molecule has 0 bridgehead atoms. The number of benzene rings is 1. The van der Waals surface area contributed by atoms with Crippen LogP contribution in [0.4, 0.5) is 8.78 Å². The fourth-order valence-corrected chi connectivity index (χ4v) is 3.91. The molecule has 3 heterocycles. The third-order valence-electron chi connectivity index (χ3n) is 4.32. The van der Waals surface area contributed by atoms with Gasteiger partial charge in [0.15, 0.2) is 17.3 Å². The third kappa shape index (κ3) is 4.10. The van der Waals surface area contributed by atoms with Crippen LogP contribution in [0.25, 0.3) is 5.13 Å². The largest absolute Gasteiger partial charge is 0.451 e. The van der Waals surface area contributed by atoms with Crippen LogP contribution in [-0.2, 0) is 13.0 Å². The van der Waals surface area contributed by atoms with Crippen LogP contribution in [0.3, 0.4) is 0 Å². The summed E-state index contributed by atoms with van der Waals surface area (Å²) in [6.07, 6.45) is 4.72. The zero-order valence-electron chi connectivity index (χ0n) is 15.7. The summed E-state index contributed by atoms with van der Waals surface area (Å²) in [5.41, 5.74) is 0.915. The van der Waals surface area contributed by atoms with Crippen molar-refractivity contribution in [3.63, 3.8) is 0 Å². The molecule has 0 N–H and O–H groups in total. The molecule has 0 fully saturated rings. The first-order chi connectivity index (χ1) is 14.4. The topological polar surface area (TPSA) is 95.8 Å². The Kier molecular flexibility index (Phi) is 5.36. The Bertz CT molecular complexity index is 1240. The van der Waals surface area contributed by atoms with Crippen molar-refractivity contribution in [3.05, 3.63) is 81.1 Å². The normalized spacial score (nSPS) is 11.2. The average Bonchev–Trinajstić information content (AvgIpc) is 3.41. The van der Waals surface area contributed by atoms with Gasteiger partial charge in [-0.15, -0.1) is 0 Å². The number of thiazole rings is 1. The van der Waals surface area contributed by atoms with Crippen LogP contribution < -0.4 is 5.69 Å². The summed E-state index contributed by atoms with van der Waals surface area (Å²) in [7, 11) is 0. The number of nitrogens with zero attached hydrogens (tertiary/aromatic N) is 5. The van der Waals surface area contributed by atoms with Gasteiger partial charge in [0.2, 0.25) is 0 Å². The summed E-state index contributed by atoms with van der Waals surface area (Å²) < 4.78 is 33.9. The van der Waals surface area contributed by atoms with E-state index in [0.29, 0.717) is 27.8 Å². The first-order valence-corrected chi connectivity index (χ1v) is 9.70. The molecule has 154 valence electrons. The molecule has 3 aromatic heterocycles. The standard InChI is InChI=1S/C19H15F2N5O3S/c1-11-17(16(27)3-2-15-8-29-10-22-15)30-18(24-11)25-9-23-26(19(25)28)7-12-4-13(20)6-14(21)5-12/h4-6,8-10H,2-3,7H2,1H3. The monoisotopic (exact) mass is 431 g/mol. The number of Topliss-reactive ketones (excluding diaryl/α,β-unsaturated/α-hetero) is 1. The lowest BCUT2D eigenvalue weighted by Crippen LogP contribution is -2.24. The molecule has 11 heteroatoms. The Morgan fingerprint density at radius 1 is 1.23 bits per heavy atom. The van der Waals surface area contributed by atoms with Crippen molar-refractivity contribution in [3.8, 4) is 5.13 Å². The summed E-state index contributed by atoms with van der Waals surface area (Å²) in [5.74, 6) is -1.58. The Labute approximate surface area is 172 Å². The maximum Gasteiger partial charge on any atom is 0.352 e. The van der Waals surface area contributed by atoms with Gasteiger partial charge in [-0.2, -0.15) is 5.10 Å². The lowest BCUT2D eigenvalue weighted by Gasteiger charge is -2.01. The van der Waals surface area contributed by atoms with Crippen molar-refractivity contribution in [2.24, 2.45) is 0 Å². The molecule has 0 aliphatic carbocycles. The van der Waals surface area contributed by atoms with Gasteiger partial charge in [-0.05, 0) is 24.6 Å². The number of carbonyl (C=O) groups excluding carboxylic acids is 1. The zero-order valence-corrected chi connectivity index (χ0v) is 16.5. The van der Waals surface area contributed by atoms with Crippen molar-refractivity contribution < 1.29 is 18.0 Å².